The Morgan fingerprint density at radius 3 is 2.79 bits per heavy atom. The Kier molecular flexibility index (Phi) is 5.24. The molecule has 0 N–H and O–H groups in total. The molecule has 1 aliphatic rings. The van der Waals surface area contributed by atoms with Crippen LogP contribution in [0.25, 0.3) is 0 Å². The van der Waals surface area contributed by atoms with Crippen LogP contribution in [0.1, 0.15) is 34.8 Å². The molecule has 0 radical (unpaired) electrons. The van der Waals surface area contributed by atoms with E-state index in [2.05, 4.69) is 0 Å². The average molecular weight is 411 g/mol. The fourth-order valence-electron chi connectivity index (χ4n) is 3.78. The van der Waals surface area contributed by atoms with Gasteiger partial charge >= 0.3 is 0 Å². The summed E-state index contributed by atoms with van der Waals surface area (Å²) < 4.78 is 15.1. The summed E-state index contributed by atoms with van der Waals surface area (Å²) in [6.45, 7) is 2.30. The highest BCUT2D eigenvalue weighted by atomic mass is 35.5. The first-order chi connectivity index (χ1) is 13.9. The number of fused-ring (bicyclic) bond motifs is 1. The number of hydrogen-bond donors (Lipinski definition) is 0. The van der Waals surface area contributed by atoms with Gasteiger partial charge in [0.1, 0.15) is 5.82 Å². The SMILES string of the molecule is C[C@H]1CCc2cc(F)ccc2N1C(=O)c1ccc(=O)n(Cc2cccc(Cl)c2)c1. The first-order valence-corrected chi connectivity index (χ1v) is 9.87. The van der Waals surface area contributed by atoms with E-state index in [0.29, 0.717) is 17.1 Å². The van der Waals surface area contributed by atoms with Gasteiger partial charge in [-0.3, -0.25) is 9.59 Å². The molecule has 0 unspecified atom stereocenters. The smallest absolute Gasteiger partial charge is 0.260 e. The molecule has 1 atom stereocenters. The van der Waals surface area contributed by atoms with Crippen LogP contribution in [-0.4, -0.2) is 16.5 Å². The number of carbonyl (C=O) groups excluding carboxylic acids is 1. The number of benzene rings is 2. The predicted octanol–water partition coefficient (Wildman–Crippen LogP) is 4.67. The van der Waals surface area contributed by atoms with Crippen molar-refractivity contribution in [2.75, 3.05) is 4.90 Å². The van der Waals surface area contributed by atoms with Crippen molar-refractivity contribution in [1.82, 2.24) is 4.57 Å². The van der Waals surface area contributed by atoms with Crippen LogP contribution in [0, 0.1) is 5.82 Å². The van der Waals surface area contributed by atoms with Crippen molar-refractivity contribution in [3.63, 3.8) is 0 Å². The van der Waals surface area contributed by atoms with Crippen molar-refractivity contribution in [3.05, 3.63) is 98.7 Å². The molecule has 0 saturated carbocycles. The lowest BCUT2D eigenvalue weighted by atomic mass is 9.95. The van der Waals surface area contributed by atoms with Crippen LogP contribution in [0.2, 0.25) is 5.02 Å². The molecule has 2 aromatic carbocycles. The van der Waals surface area contributed by atoms with E-state index < -0.39 is 0 Å². The number of aromatic nitrogens is 1. The molecule has 3 aromatic rings. The number of pyridine rings is 1. The molecule has 148 valence electrons. The summed E-state index contributed by atoms with van der Waals surface area (Å²) in [6, 6.07) is 14.7. The number of carbonyl (C=O) groups is 1. The summed E-state index contributed by atoms with van der Waals surface area (Å²) in [7, 11) is 0. The Bertz CT molecular complexity index is 1140. The Labute approximate surface area is 173 Å². The molecular weight excluding hydrogens is 391 g/mol. The molecule has 29 heavy (non-hydrogen) atoms. The summed E-state index contributed by atoms with van der Waals surface area (Å²) in [5.74, 6) is -0.509. The van der Waals surface area contributed by atoms with E-state index in [-0.39, 0.29) is 23.3 Å². The van der Waals surface area contributed by atoms with Crippen LogP contribution in [0.5, 0.6) is 0 Å². The first kappa shape index (κ1) is 19.4. The van der Waals surface area contributed by atoms with Crippen molar-refractivity contribution < 1.29 is 9.18 Å². The second-order valence-corrected chi connectivity index (χ2v) is 7.79. The minimum atomic E-state index is -0.305. The van der Waals surface area contributed by atoms with Crippen LogP contribution in [0.15, 0.2) is 65.6 Å². The van der Waals surface area contributed by atoms with Gasteiger partial charge in [-0.25, -0.2) is 4.39 Å². The molecule has 4 nitrogen and oxygen atoms in total. The molecule has 1 aromatic heterocycles. The van der Waals surface area contributed by atoms with E-state index in [1.54, 1.807) is 35.4 Å². The Morgan fingerprint density at radius 2 is 2.00 bits per heavy atom. The Balaban J connectivity index is 1.68. The van der Waals surface area contributed by atoms with Gasteiger partial charge in [0.05, 0.1) is 12.1 Å². The summed E-state index contributed by atoms with van der Waals surface area (Å²) in [5, 5.41) is 0.591. The Hall–Kier alpha value is -2.92. The number of amides is 1. The van der Waals surface area contributed by atoms with Gasteiger partial charge in [0, 0.05) is 29.0 Å². The van der Waals surface area contributed by atoms with Gasteiger partial charge in [0.15, 0.2) is 0 Å². The van der Waals surface area contributed by atoms with Crippen LogP contribution in [-0.2, 0) is 13.0 Å². The molecule has 0 spiro atoms. The van der Waals surface area contributed by atoms with Gasteiger partial charge < -0.3 is 9.47 Å². The van der Waals surface area contributed by atoms with Crippen LogP contribution in [0.4, 0.5) is 10.1 Å². The lowest BCUT2D eigenvalue weighted by Gasteiger charge is -2.35. The van der Waals surface area contributed by atoms with E-state index >= 15 is 0 Å². The van der Waals surface area contributed by atoms with Gasteiger partial charge in [-0.05, 0) is 67.3 Å². The van der Waals surface area contributed by atoms with Crippen molar-refractivity contribution in [2.24, 2.45) is 0 Å². The van der Waals surface area contributed by atoms with Crippen molar-refractivity contribution in [1.29, 1.82) is 0 Å². The minimum absolute atomic E-state index is 0.0197. The molecule has 0 fully saturated rings. The lowest BCUT2D eigenvalue weighted by molar-refractivity contribution is 0.0974. The van der Waals surface area contributed by atoms with Crippen molar-refractivity contribution in [2.45, 2.75) is 32.4 Å². The maximum Gasteiger partial charge on any atom is 0.260 e. The number of anilines is 1. The number of hydrogen-bond acceptors (Lipinski definition) is 2. The molecule has 2 heterocycles. The zero-order valence-corrected chi connectivity index (χ0v) is 16.7. The highest BCUT2D eigenvalue weighted by Crippen LogP contribution is 2.32. The van der Waals surface area contributed by atoms with E-state index in [0.717, 1.165) is 29.7 Å². The highest BCUT2D eigenvalue weighted by molar-refractivity contribution is 6.30. The molecule has 0 saturated heterocycles. The summed E-state index contributed by atoms with van der Waals surface area (Å²) in [6.07, 6.45) is 3.06. The zero-order valence-electron chi connectivity index (χ0n) is 15.9. The van der Waals surface area contributed by atoms with Crippen LogP contribution < -0.4 is 10.5 Å². The molecule has 0 aliphatic carbocycles. The van der Waals surface area contributed by atoms with Gasteiger partial charge in [-0.15, -0.1) is 0 Å². The summed E-state index contributed by atoms with van der Waals surface area (Å²) >= 11 is 6.03. The van der Waals surface area contributed by atoms with Crippen LogP contribution >= 0.6 is 11.6 Å². The third kappa shape index (κ3) is 3.96. The first-order valence-electron chi connectivity index (χ1n) is 9.49. The quantitative estimate of drug-likeness (QED) is 0.629. The topological polar surface area (TPSA) is 42.3 Å². The lowest BCUT2D eigenvalue weighted by Crippen LogP contribution is -2.42. The zero-order chi connectivity index (χ0) is 20.5. The van der Waals surface area contributed by atoms with E-state index in [9.17, 15) is 14.0 Å². The maximum absolute atomic E-state index is 13.6. The van der Waals surface area contributed by atoms with Crippen molar-refractivity contribution >= 4 is 23.2 Å². The summed E-state index contributed by atoms with van der Waals surface area (Å²) in [4.78, 5) is 27.3. The molecule has 6 heteroatoms. The second kappa shape index (κ2) is 7.84. The highest BCUT2D eigenvalue weighted by Gasteiger charge is 2.29. The molecule has 4 rings (SSSR count). The Morgan fingerprint density at radius 1 is 1.17 bits per heavy atom. The third-order valence-corrected chi connectivity index (χ3v) is 5.50. The summed E-state index contributed by atoms with van der Waals surface area (Å²) in [5.41, 5.74) is 2.63. The minimum Gasteiger partial charge on any atom is -0.310 e. The standard InChI is InChI=1S/C23H20ClFN2O2/c1-15-5-6-17-12-20(25)8-9-21(17)27(15)23(29)18-7-10-22(28)26(14-18)13-16-3-2-4-19(24)11-16/h2-4,7-12,14-15H,5-6,13H2,1H3/t15-/m0/s1. The fourth-order valence-corrected chi connectivity index (χ4v) is 4.00. The molecule has 0 bridgehead atoms. The number of aryl methyl sites for hydroxylation is 1. The number of rotatable bonds is 3. The third-order valence-electron chi connectivity index (χ3n) is 5.26. The van der Waals surface area contributed by atoms with E-state index in [1.807, 2.05) is 19.1 Å². The van der Waals surface area contributed by atoms with Gasteiger partial charge in [-0.1, -0.05) is 23.7 Å². The molecule has 1 amide bonds. The van der Waals surface area contributed by atoms with Gasteiger partial charge in [0.2, 0.25) is 0 Å². The van der Waals surface area contributed by atoms with Crippen molar-refractivity contribution in [3.8, 4) is 0 Å². The molecular formula is C23H20ClFN2O2. The van der Waals surface area contributed by atoms with Gasteiger partial charge in [-0.2, -0.15) is 0 Å². The fraction of sp³-hybridized carbons (Fsp3) is 0.217. The van der Waals surface area contributed by atoms with Crippen LogP contribution in [0.3, 0.4) is 0 Å². The molecule has 1 aliphatic heterocycles. The number of nitrogens with zero attached hydrogens (tertiary/aromatic N) is 2. The number of halogens is 2. The second-order valence-electron chi connectivity index (χ2n) is 7.35. The average Bonchev–Trinajstić information content (AvgIpc) is 2.69. The normalized spacial score (nSPS) is 15.8. The van der Waals surface area contributed by atoms with Gasteiger partial charge in [0.25, 0.3) is 11.5 Å². The maximum atomic E-state index is 13.6. The predicted molar refractivity (Wildman–Crippen MR) is 112 cm³/mol. The largest absolute Gasteiger partial charge is 0.310 e. The van der Waals surface area contributed by atoms with E-state index in [1.165, 1.54) is 22.8 Å². The monoisotopic (exact) mass is 410 g/mol. The van der Waals surface area contributed by atoms with E-state index in [4.69, 9.17) is 11.6 Å².